The zero-order valence-electron chi connectivity index (χ0n) is 11.3. The maximum Gasteiger partial charge on any atom is 0.330 e. The Morgan fingerprint density at radius 3 is 2.47 bits per heavy atom. The number of hydrogen-bond acceptors (Lipinski definition) is 2. The highest BCUT2D eigenvalue weighted by molar-refractivity contribution is 4.78. The Morgan fingerprint density at radius 1 is 1.32 bits per heavy atom. The smallest absolute Gasteiger partial charge is 0.330 e. The van der Waals surface area contributed by atoms with Crippen molar-refractivity contribution in [2.24, 2.45) is 5.92 Å². The zero-order valence-corrected chi connectivity index (χ0v) is 11.3. The first-order valence-electron chi connectivity index (χ1n) is 6.92. The number of alkyl halides is 4. The van der Waals surface area contributed by atoms with Crippen LogP contribution in [0.4, 0.5) is 17.6 Å². The highest BCUT2D eigenvalue weighted by Gasteiger charge is 2.41. The van der Waals surface area contributed by atoms with Crippen LogP contribution < -0.4 is 5.32 Å². The monoisotopic (exact) mass is 285 g/mol. The van der Waals surface area contributed by atoms with Gasteiger partial charge >= 0.3 is 12.3 Å². The molecule has 1 N–H and O–H groups in total. The molecule has 0 amide bonds. The van der Waals surface area contributed by atoms with Crippen molar-refractivity contribution in [1.29, 1.82) is 0 Å². The van der Waals surface area contributed by atoms with Crippen molar-refractivity contribution in [2.45, 2.75) is 57.4 Å². The van der Waals surface area contributed by atoms with Gasteiger partial charge in [-0.15, -0.1) is 0 Å². The molecule has 1 atom stereocenters. The van der Waals surface area contributed by atoms with Crippen LogP contribution in [0.1, 0.15) is 39.0 Å². The van der Waals surface area contributed by atoms with Gasteiger partial charge in [0, 0.05) is 6.04 Å². The van der Waals surface area contributed by atoms with Crippen molar-refractivity contribution in [2.75, 3.05) is 19.8 Å². The molecule has 0 aromatic carbocycles. The van der Waals surface area contributed by atoms with Gasteiger partial charge in [0.25, 0.3) is 0 Å². The summed E-state index contributed by atoms with van der Waals surface area (Å²) in [6.45, 7) is 1.66. The van der Waals surface area contributed by atoms with Crippen LogP contribution in [-0.2, 0) is 4.74 Å². The van der Waals surface area contributed by atoms with Gasteiger partial charge < -0.3 is 10.1 Å². The third-order valence-corrected chi connectivity index (χ3v) is 3.46. The van der Waals surface area contributed by atoms with Crippen molar-refractivity contribution < 1.29 is 22.3 Å². The molecule has 0 aromatic rings. The fourth-order valence-corrected chi connectivity index (χ4v) is 2.09. The van der Waals surface area contributed by atoms with Crippen molar-refractivity contribution in [3.63, 3.8) is 0 Å². The maximum atomic E-state index is 12.7. The van der Waals surface area contributed by atoms with Crippen LogP contribution in [-0.4, -0.2) is 38.1 Å². The number of ether oxygens (including phenoxy) is 1. The van der Waals surface area contributed by atoms with Crippen LogP contribution in [0, 0.1) is 5.92 Å². The normalized spacial score (nSPS) is 18.6. The number of hydrogen-bond donors (Lipinski definition) is 1. The van der Waals surface area contributed by atoms with Gasteiger partial charge in [0.15, 0.2) is 0 Å². The predicted octanol–water partition coefficient (Wildman–Crippen LogP) is 3.46. The Bertz CT molecular complexity index is 247. The Labute approximate surface area is 111 Å². The number of nitrogens with one attached hydrogen (secondary N) is 1. The Kier molecular flexibility index (Phi) is 7.07. The lowest BCUT2D eigenvalue weighted by atomic mass is 9.81. The molecule has 1 aliphatic rings. The van der Waals surface area contributed by atoms with E-state index in [4.69, 9.17) is 4.74 Å². The predicted molar refractivity (Wildman–Crippen MR) is 65.8 cm³/mol. The molecular weight excluding hydrogens is 262 g/mol. The van der Waals surface area contributed by atoms with E-state index >= 15 is 0 Å². The van der Waals surface area contributed by atoms with Crippen molar-refractivity contribution in [3.05, 3.63) is 0 Å². The van der Waals surface area contributed by atoms with Gasteiger partial charge in [-0.2, -0.15) is 8.78 Å². The second-order valence-corrected chi connectivity index (χ2v) is 5.26. The molecular formula is C13H23F4NO. The van der Waals surface area contributed by atoms with E-state index in [2.05, 4.69) is 5.32 Å². The van der Waals surface area contributed by atoms with Crippen LogP contribution >= 0.6 is 0 Å². The minimum Gasteiger partial charge on any atom is -0.373 e. The molecule has 6 heteroatoms. The van der Waals surface area contributed by atoms with Gasteiger partial charge in [0.05, 0.1) is 6.61 Å². The molecule has 1 fully saturated rings. The average molecular weight is 285 g/mol. The molecule has 1 unspecified atom stereocenters. The van der Waals surface area contributed by atoms with E-state index in [0.717, 1.165) is 32.2 Å². The Balaban J connectivity index is 2.26. The van der Waals surface area contributed by atoms with E-state index in [9.17, 15) is 17.6 Å². The van der Waals surface area contributed by atoms with Gasteiger partial charge in [-0.25, -0.2) is 8.78 Å². The molecule has 2 nitrogen and oxygen atoms in total. The van der Waals surface area contributed by atoms with Gasteiger partial charge in [-0.05, 0) is 25.3 Å². The molecule has 19 heavy (non-hydrogen) atoms. The maximum absolute atomic E-state index is 12.7. The summed E-state index contributed by atoms with van der Waals surface area (Å²) in [5, 5.41) is 3.23. The highest BCUT2D eigenvalue weighted by atomic mass is 19.3. The largest absolute Gasteiger partial charge is 0.373 e. The molecule has 0 radical (unpaired) electrons. The quantitative estimate of drug-likeness (QED) is 0.621. The molecule has 0 bridgehead atoms. The Morgan fingerprint density at radius 2 is 2.00 bits per heavy atom. The van der Waals surface area contributed by atoms with Crippen LogP contribution in [0.5, 0.6) is 0 Å². The standard InChI is InChI=1S/C13H23F4NO/c1-2-6-18-11(7-10-4-3-5-10)8-19-9-13(16,17)12(14)15/h10-12,18H,2-9H2,1H3. The SMILES string of the molecule is CCCNC(COCC(F)(F)C(F)F)CC1CCC1. The molecule has 0 spiro atoms. The van der Waals surface area contributed by atoms with E-state index in [1.54, 1.807) is 0 Å². The molecule has 1 aliphatic carbocycles. The van der Waals surface area contributed by atoms with Gasteiger partial charge in [0.1, 0.15) is 6.61 Å². The zero-order chi connectivity index (χ0) is 14.3. The lowest BCUT2D eigenvalue weighted by Crippen LogP contribution is -2.39. The molecule has 0 heterocycles. The summed E-state index contributed by atoms with van der Waals surface area (Å²) in [5.74, 6) is -3.43. The number of rotatable bonds is 10. The van der Waals surface area contributed by atoms with Crippen molar-refractivity contribution in [3.8, 4) is 0 Å². The highest BCUT2D eigenvalue weighted by Crippen LogP contribution is 2.30. The lowest BCUT2D eigenvalue weighted by Gasteiger charge is -2.30. The summed E-state index contributed by atoms with van der Waals surface area (Å²) in [6.07, 6.45) is 1.69. The first-order chi connectivity index (χ1) is 8.95. The molecule has 1 saturated carbocycles. The molecule has 1 rings (SSSR count). The van der Waals surface area contributed by atoms with Gasteiger partial charge in [-0.1, -0.05) is 26.2 Å². The third-order valence-electron chi connectivity index (χ3n) is 3.46. The van der Waals surface area contributed by atoms with E-state index in [1.165, 1.54) is 6.42 Å². The minimum atomic E-state index is -4.05. The minimum absolute atomic E-state index is 0.0151. The van der Waals surface area contributed by atoms with E-state index in [1.807, 2.05) is 6.92 Å². The fourth-order valence-electron chi connectivity index (χ4n) is 2.09. The third kappa shape index (κ3) is 6.08. The summed E-state index contributed by atoms with van der Waals surface area (Å²) in [6, 6.07) is -0.0151. The van der Waals surface area contributed by atoms with Crippen molar-refractivity contribution >= 4 is 0 Å². The second kappa shape index (κ2) is 8.04. The summed E-state index contributed by atoms with van der Waals surface area (Å²) in [7, 11) is 0. The molecule has 0 saturated heterocycles. The van der Waals surface area contributed by atoms with Gasteiger partial charge in [-0.3, -0.25) is 0 Å². The second-order valence-electron chi connectivity index (χ2n) is 5.26. The summed E-state index contributed by atoms with van der Waals surface area (Å²) in [5.41, 5.74) is 0. The topological polar surface area (TPSA) is 21.3 Å². The molecule has 0 aliphatic heterocycles. The van der Waals surface area contributed by atoms with Crippen LogP contribution in [0.3, 0.4) is 0 Å². The first kappa shape index (κ1) is 16.7. The van der Waals surface area contributed by atoms with E-state index < -0.39 is 19.0 Å². The van der Waals surface area contributed by atoms with Crippen molar-refractivity contribution in [1.82, 2.24) is 5.32 Å². The van der Waals surface area contributed by atoms with E-state index in [0.29, 0.717) is 5.92 Å². The lowest BCUT2D eigenvalue weighted by molar-refractivity contribution is -0.167. The van der Waals surface area contributed by atoms with Crippen LogP contribution in [0.15, 0.2) is 0 Å². The molecule has 114 valence electrons. The summed E-state index contributed by atoms with van der Waals surface area (Å²) >= 11 is 0. The average Bonchev–Trinajstić information content (AvgIpc) is 2.29. The summed E-state index contributed by atoms with van der Waals surface area (Å²) in [4.78, 5) is 0. The van der Waals surface area contributed by atoms with Crippen LogP contribution in [0.2, 0.25) is 0 Å². The number of halogens is 4. The Hall–Kier alpha value is -0.360. The fraction of sp³-hybridized carbons (Fsp3) is 1.00. The van der Waals surface area contributed by atoms with E-state index in [-0.39, 0.29) is 12.6 Å². The summed E-state index contributed by atoms with van der Waals surface area (Å²) < 4.78 is 54.1. The molecule has 0 aromatic heterocycles. The van der Waals surface area contributed by atoms with Gasteiger partial charge in [0.2, 0.25) is 0 Å². The van der Waals surface area contributed by atoms with Crippen LogP contribution in [0.25, 0.3) is 0 Å². The first-order valence-corrected chi connectivity index (χ1v) is 6.92.